The Morgan fingerprint density at radius 1 is 1.19 bits per heavy atom. The van der Waals surface area contributed by atoms with Gasteiger partial charge in [0.2, 0.25) is 0 Å². The number of rotatable bonds is 6. The van der Waals surface area contributed by atoms with Gasteiger partial charge < -0.3 is 9.53 Å². The molecule has 0 saturated carbocycles. The summed E-state index contributed by atoms with van der Waals surface area (Å²) in [6.45, 7) is 4.22. The first-order chi connectivity index (χ1) is 7.70. The lowest BCUT2D eigenvalue weighted by Gasteiger charge is -2.12. The van der Waals surface area contributed by atoms with E-state index in [2.05, 4.69) is 19.9 Å². The second-order valence-electron chi connectivity index (χ2n) is 4.09. The fourth-order valence-electron chi connectivity index (χ4n) is 1.89. The molecular weight excluding hydrogens is 200 g/mol. The van der Waals surface area contributed by atoms with Gasteiger partial charge in [0.15, 0.2) is 0 Å². The third kappa shape index (κ3) is 3.09. The van der Waals surface area contributed by atoms with Gasteiger partial charge in [-0.25, -0.2) is 0 Å². The highest BCUT2D eigenvalue weighted by molar-refractivity contribution is 5.49. The summed E-state index contributed by atoms with van der Waals surface area (Å²) in [4.78, 5) is 10.2. The van der Waals surface area contributed by atoms with Crippen molar-refractivity contribution in [3.8, 4) is 5.75 Å². The van der Waals surface area contributed by atoms with Crippen LogP contribution in [0.1, 0.15) is 36.0 Å². The lowest BCUT2D eigenvalue weighted by Crippen LogP contribution is -1.96. The van der Waals surface area contributed by atoms with Gasteiger partial charge in [0, 0.05) is 6.42 Å². The first kappa shape index (κ1) is 12.8. The molecule has 0 saturated heterocycles. The summed E-state index contributed by atoms with van der Waals surface area (Å²) in [6.07, 6.45) is 4.77. The Kier molecular flexibility index (Phi) is 5.03. The van der Waals surface area contributed by atoms with Crippen LogP contribution in [0.4, 0.5) is 0 Å². The van der Waals surface area contributed by atoms with Crippen molar-refractivity contribution in [1.82, 2.24) is 0 Å². The van der Waals surface area contributed by atoms with Crippen LogP contribution in [0.5, 0.6) is 5.75 Å². The number of benzene rings is 1. The zero-order chi connectivity index (χ0) is 12.0. The Morgan fingerprint density at radius 2 is 1.94 bits per heavy atom. The molecule has 0 unspecified atom stereocenters. The summed E-state index contributed by atoms with van der Waals surface area (Å²) < 4.78 is 5.28. The monoisotopic (exact) mass is 220 g/mol. The lowest BCUT2D eigenvalue weighted by atomic mass is 9.98. The Labute approximate surface area is 97.6 Å². The van der Waals surface area contributed by atoms with Crippen molar-refractivity contribution in [2.24, 2.45) is 0 Å². The molecule has 2 nitrogen and oxygen atoms in total. The Hall–Kier alpha value is -1.31. The molecule has 1 aromatic rings. The average molecular weight is 220 g/mol. The normalized spacial score (nSPS) is 10.2. The molecule has 0 fully saturated rings. The number of hydrogen-bond donors (Lipinski definition) is 0. The van der Waals surface area contributed by atoms with Gasteiger partial charge in [0.25, 0.3) is 0 Å². The molecule has 0 aliphatic carbocycles. The predicted molar refractivity (Wildman–Crippen MR) is 66.1 cm³/mol. The number of methoxy groups -OCH3 is 1. The number of aldehydes is 1. The van der Waals surface area contributed by atoms with E-state index in [1.807, 2.05) is 6.07 Å². The SMILES string of the molecule is COc1ccc(CCCCC=O)c(C)c1C. The fourth-order valence-corrected chi connectivity index (χ4v) is 1.89. The Morgan fingerprint density at radius 3 is 2.56 bits per heavy atom. The molecule has 1 rings (SSSR count). The zero-order valence-electron chi connectivity index (χ0n) is 10.4. The highest BCUT2D eigenvalue weighted by atomic mass is 16.5. The maximum Gasteiger partial charge on any atom is 0.122 e. The summed E-state index contributed by atoms with van der Waals surface area (Å²) in [5.41, 5.74) is 3.89. The van der Waals surface area contributed by atoms with Crippen LogP contribution < -0.4 is 4.74 Å². The van der Waals surface area contributed by atoms with E-state index >= 15 is 0 Å². The van der Waals surface area contributed by atoms with E-state index in [9.17, 15) is 4.79 Å². The Bertz CT molecular complexity index is 356. The molecule has 0 spiro atoms. The van der Waals surface area contributed by atoms with Crippen molar-refractivity contribution >= 4 is 6.29 Å². The van der Waals surface area contributed by atoms with Gasteiger partial charge in [-0.2, -0.15) is 0 Å². The van der Waals surface area contributed by atoms with Gasteiger partial charge in [-0.05, 0) is 55.9 Å². The van der Waals surface area contributed by atoms with Gasteiger partial charge in [-0.15, -0.1) is 0 Å². The van der Waals surface area contributed by atoms with E-state index in [0.717, 1.165) is 31.3 Å². The van der Waals surface area contributed by atoms with Crippen molar-refractivity contribution in [2.45, 2.75) is 39.5 Å². The van der Waals surface area contributed by atoms with Gasteiger partial charge >= 0.3 is 0 Å². The maximum absolute atomic E-state index is 10.2. The minimum absolute atomic E-state index is 0.675. The van der Waals surface area contributed by atoms with E-state index in [0.29, 0.717) is 6.42 Å². The molecule has 88 valence electrons. The fraction of sp³-hybridized carbons (Fsp3) is 0.500. The molecule has 0 radical (unpaired) electrons. The van der Waals surface area contributed by atoms with Crippen LogP contribution in [0.15, 0.2) is 12.1 Å². The van der Waals surface area contributed by atoms with Crippen LogP contribution in [-0.2, 0) is 11.2 Å². The molecule has 0 aliphatic rings. The van der Waals surface area contributed by atoms with Gasteiger partial charge in [0.1, 0.15) is 12.0 Å². The first-order valence-electron chi connectivity index (χ1n) is 5.77. The molecule has 1 aromatic carbocycles. The number of carbonyl (C=O) groups is 1. The molecule has 0 heterocycles. The number of aryl methyl sites for hydroxylation is 1. The van der Waals surface area contributed by atoms with Crippen LogP contribution >= 0.6 is 0 Å². The molecule has 0 amide bonds. The third-order valence-electron chi connectivity index (χ3n) is 3.09. The molecule has 2 heteroatoms. The summed E-state index contributed by atoms with van der Waals surface area (Å²) in [5, 5.41) is 0. The second kappa shape index (κ2) is 6.31. The molecule has 0 N–H and O–H groups in total. The standard InChI is InChI=1S/C14H20O2/c1-11-12(2)14(16-3)9-8-13(11)7-5-4-6-10-15/h8-10H,4-7H2,1-3H3. The van der Waals surface area contributed by atoms with Crippen molar-refractivity contribution in [1.29, 1.82) is 0 Å². The molecule has 0 aliphatic heterocycles. The van der Waals surface area contributed by atoms with Gasteiger partial charge in [0.05, 0.1) is 7.11 Å². The second-order valence-corrected chi connectivity index (χ2v) is 4.09. The van der Waals surface area contributed by atoms with E-state index in [-0.39, 0.29) is 0 Å². The van der Waals surface area contributed by atoms with Crippen LogP contribution in [-0.4, -0.2) is 13.4 Å². The highest BCUT2D eigenvalue weighted by Gasteiger charge is 2.05. The largest absolute Gasteiger partial charge is 0.496 e. The quantitative estimate of drug-likeness (QED) is 0.543. The molecule has 0 aromatic heterocycles. The van der Waals surface area contributed by atoms with E-state index in [1.54, 1.807) is 7.11 Å². The number of carbonyl (C=O) groups excluding carboxylic acids is 1. The summed E-state index contributed by atoms with van der Waals surface area (Å²) in [7, 11) is 1.70. The van der Waals surface area contributed by atoms with Gasteiger partial charge in [-0.1, -0.05) is 6.07 Å². The summed E-state index contributed by atoms with van der Waals surface area (Å²) in [5.74, 6) is 0.953. The van der Waals surface area contributed by atoms with E-state index in [4.69, 9.17) is 4.74 Å². The van der Waals surface area contributed by atoms with E-state index in [1.165, 1.54) is 16.7 Å². The van der Waals surface area contributed by atoms with Crippen molar-refractivity contribution < 1.29 is 9.53 Å². The van der Waals surface area contributed by atoms with Crippen molar-refractivity contribution in [3.05, 3.63) is 28.8 Å². The minimum atomic E-state index is 0.675. The van der Waals surface area contributed by atoms with Crippen LogP contribution in [0.25, 0.3) is 0 Å². The number of ether oxygens (including phenoxy) is 1. The molecule has 0 bridgehead atoms. The van der Waals surface area contributed by atoms with Crippen LogP contribution in [0.3, 0.4) is 0 Å². The highest BCUT2D eigenvalue weighted by Crippen LogP contribution is 2.24. The zero-order valence-corrected chi connectivity index (χ0v) is 10.4. The number of hydrogen-bond acceptors (Lipinski definition) is 2. The molecule has 0 atom stereocenters. The maximum atomic E-state index is 10.2. The average Bonchev–Trinajstić information content (AvgIpc) is 2.30. The smallest absolute Gasteiger partial charge is 0.122 e. The summed E-state index contributed by atoms with van der Waals surface area (Å²) in [6, 6.07) is 4.15. The minimum Gasteiger partial charge on any atom is -0.496 e. The van der Waals surface area contributed by atoms with Crippen LogP contribution in [0.2, 0.25) is 0 Å². The first-order valence-corrected chi connectivity index (χ1v) is 5.77. The Balaban J connectivity index is 2.67. The number of unbranched alkanes of at least 4 members (excludes halogenated alkanes) is 2. The topological polar surface area (TPSA) is 26.3 Å². The van der Waals surface area contributed by atoms with Crippen molar-refractivity contribution in [2.75, 3.05) is 7.11 Å². The molecule has 16 heavy (non-hydrogen) atoms. The third-order valence-corrected chi connectivity index (χ3v) is 3.09. The molecular formula is C14H20O2. The lowest BCUT2D eigenvalue weighted by molar-refractivity contribution is -0.107. The summed E-state index contributed by atoms with van der Waals surface area (Å²) >= 11 is 0. The van der Waals surface area contributed by atoms with Crippen molar-refractivity contribution in [3.63, 3.8) is 0 Å². The van der Waals surface area contributed by atoms with Crippen LogP contribution in [0, 0.1) is 13.8 Å². The van der Waals surface area contributed by atoms with Gasteiger partial charge in [-0.3, -0.25) is 0 Å². The predicted octanol–water partition coefficient (Wildman–Crippen LogP) is 3.22. The van der Waals surface area contributed by atoms with E-state index < -0.39 is 0 Å².